The standard InChI is InChI=1S/C15H13NO/c1-12-5-4-6-13(9-12)10-14-7-2-3-8-15(14)16-11-17/h2-9H,10H2,1H3. The van der Waals surface area contributed by atoms with Crippen LogP contribution in [0.3, 0.4) is 0 Å². The SMILES string of the molecule is Cc1cccc(Cc2ccccc2N=C=O)c1. The zero-order valence-electron chi connectivity index (χ0n) is 9.68. The van der Waals surface area contributed by atoms with Gasteiger partial charge in [0.2, 0.25) is 6.08 Å². The molecular weight excluding hydrogens is 210 g/mol. The lowest BCUT2D eigenvalue weighted by molar-refractivity contribution is 0.565. The molecule has 0 saturated heterocycles. The van der Waals surface area contributed by atoms with Gasteiger partial charge in [0.05, 0.1) is 5.69 Å². The molecule has 0 amide bonds. The van der Waals surface area contributed by atoms with E-state index in [0.29, 0.717) is 5.69 Å². The first-order valence-corrected chi connectivity index (χ1v) is 5.51. The topological polar surface area (TPSA) is 29.4 Å². The summed E-state index contributed by atoms with van der Waals surface area (Å²) in [7, 11) is 0. The van der Waals surface area contributed by atoms with Crippen molar-refractivity contribution in [3.05, 3.63) is 65.2 Å². The van der Waals surface area contributed by atoms with Gasteiger partial charge in [-0.3, -0.25) is 0 Å². The molecule has 0 heterocycles. The summed E-state index contributed by atoms with van der Waals surface area (Å²) in [6, 6.07) is 16.0. The van der Waals surface area contributed by atoms with Gasteiger partial charge in [0.25, 0.3) is 0 Å². The largest absolute Gasteiger partial charge is 0.240 e. The Hall–Kier alpha value is -2.18. The Labute approximate surface area is 101 Å². The maximum absolute atomic E-state index is 10.3. The molecule has 0 fully saturated rings. The number of aliphatic imine (C=N–C) groups is 1. The third-order valence-electron chi connectivity index (χ3n) is 2.63. The van der Waals surface area contributed by atoms with Gasteiger partial charge in [0, 0.05) is 0 Å². The van der Waals surface area contributed by atoms with Gasteiger partial charge in [-0.05, 0) is 30.5 Å². The zero-order chi connectivity index (χ0) is 12.1. The second kappa shape index (κ2) is 5.24. The molecule has 2 rings (SSSR count). The van der Waals surface area contributed by atoms with Crippen LogP contribution < -0.4 is 0 Å². The van der Waals surface area contributed by atoms with Gasteiger partial charge in [-0.2, -0.15) is 4.99 Å². The first kappa shape index (κ1) is 11.3. The third kappa shape index (κ3) is 2.90. The van der Waals surface area contributed by atoms with Crippen LogP contribution in [-0.2, 0) is 11.2 Å². The Kier molecular flexibility index (Phi) is 3.49. The maximum atomic E-state index is 10.3. The number of hydrogen-bond acceptors (Lipinski definition) is 2. The quantitative estimate of drug-likeness (QED) is 0.578. The van der Waals surface area contributed by atoms with Crippen LogP contribution in [0.15, 0.2) is 53.5 Å². The van der Waals surface area contributed by atoms with E-state index in [0.717, 1.165) is 12.0 Å². The monoisotopic (exact) mass is 223 g/mol. The summed E-state index contributed by atoms with van der Waals surface area (Å²) in [5.41, 5.74) is 4.20. The average molecular weight is 223 g/mol. The molecule has 0 spiro atoms. The number of nitrogens with zero attached hydrogens (tertiary/aromatic N) is 1. The smallest absolute Gasteiger partial charge is 0.211 e. The molecule has 0 unspecified atom stereocenters. The molecule has 0 atom stereocenters. The summed E-state index contributed by atoms with van der Waals surface area (Å²) in [6.45, 7) is 2.07. The number of rotatable bonds is 3. The van der Waals surface area contributed by atoms with Crippen LogP contribution in [0.4, 0.5) is 5.69 Å². The highest BCUT2D eigenvalue weighted by molar-refractivity contribution is 5.54. The number of para-hydroxylation sites is 1. The van der Waals surface area contributed by atoms with Crippen molar-refractivity contribution in [1.29, 1.82) is 0 Å². The Bertz CT molecular complexity index is 569. The zero-order valence-corrected chi connectivity index (χ0v) is 9.68. The number of aryl methyl sites for hydroxylation is 1. The van der Waals surface area contributed by atoms with E-state index in [4.69, 9.17) is 0 Å². The van der Waals surface area contributed by atoms with E-state index < -0.39 is 0 Å². The molecule has 0 aliphatic rings. The lowest BCUT2D eigenvalue weighted by atomic mass is 10.0. The van der Waals surface area contributed by atoms with E-state index in [1.54, 1.807) is 6.08 Å². The fraction of sp³-hybridized carbons (Fsp3) is 0.133. The maximum Gasteiger partial charge on any atom is 0.240 e. The molecular formula is C15H13NO. The Balaban J connectivity index is 2.33. The van der Waals surface area contributed by atoms with Gasteiger partial charge < -0.3 is 0 Å². The van der Waals surface area contributed by atoms with Crippen molar-refractivity contribution >= 4 is 11.8 Å². The highest BCUT2D eigenvalue weighted by atomic mass is 16.1. The molecule has 2 aromatic rings. The summed E-state index contributed by atoms with van der Waals surface area (Å²) < 4.78 is 0. The first-order valence-electron chi connectivity index (χ1n) is 5.51. The highest BCUT2D eigenvalue weighted by Crippen LogP contribution is 2.21. The van der Waals surface area contributed by atoms with Crippen molar-refractivity contribution < 1.29 is 4.79 Å². The van der Waals surface area contributed by atoms with Crippen LogP contribution in [0.1, 0.15) is 16.7 Å². The van der Waals surface area contributed by atoms with Gasteiger partial charge in [-0.15, -0.1) is 0 Å². The van der Waals surface area contributed by atoms with Gasteiger partial charge in [-0.1, -0.05) is 48.0 Å². The minimum Gasteiger partial charge on any atom is -0.211 e. The van der Waals surface area contributed by atoms with Crippen molar-refractivity contribution in [3.8, 4) is 0 Å². The molecule has 0 aliphatic carbocycles. The fourth-order valence-electron chi connectivity index (χ4n) is 1.86. The van der Waals surface area contributed by atoms with Crippen molar-refractivity contribution in [2.45, 2.75) is 13.3 Å². The summed E-state index contributed by atoms with van der Waals surface area (Å²) in [5, 5.41) is 0. The number of benzene rings is 2. The van der Waals surface area contributed by atoms with Crippen LogP contribution in [0, 0.1) is 6.92 Å². The highest BCUT2D eigenvalue weighted by Gasteiger charge is 2.02. The fourth-order valence-corrected chi connectivity index (χ4v) is 1.86. The molecule has 0 N–H and O–H groups in total. The molecule has 17 heavy (non-hydrogen) atoms. The number of carbonyl (C=O) groups excluding carboxylic acids is 1. The van der Waals surface area contributed by atoms with Crippen LogP contribution in [0.5, 0.6) is 0 Å². The van der Waals surface area contributed by atoms with E-state index in [2.05, 4.69) is 30.1 Å². The van der Waals surface area contributed by atoms with E-state index in [1.807, 2.05) is 30.3 Å². The molecule has 0 bridgehead atoms. The minimum absolute atomic E-state index is 0.698. The second-order valence-corrected chi connectivity index (χ2v) is 4.00. The predicted octanol–water partition coefficient (Wildman–Crippen LogP) is 3.55. The van der Waals surface area contributed by atoms with Gasteiger partial charge in [0.1, 0.15) is 0 Å². The third-order valence-corrected chi connectivity index (χ3v) is 2.63. The van der Waals surface area contributed by atoms with Gasteiger partial charge in [-0.25, -0.2) is 4.79 Å². The molecule has 2 heteroatoms. The summed E-state index contributed by atoms with van der Waals surface area (Å²) in [5.74, 6) is 0. The van der Waals surface area contributed by atoms with Crippen molar-refractivity contribution in [1.82, 2.24) is 0 Å². The van der Waals surface area contributed by atoms with Crippen molar-refractivity contribution in [2.24, 2.45) is 4.99 Å². The second-order valence-electron chi connectivity index (χ2n) is 4.00. The number of hydrogen-bond donors (Lipinski definition) is 0. The molecule has 0 aliphatic heterocycles. The van der Waals surface area contributed by atoms with E-state index in [-0.39, 0.29) is 0 Å². The molecule has 0 radical (unpaired) electrons. The molecule has 0 aromatic heterocycles. The minimum atomic E-state index is 0.698. The molecule has 0 saturated carbocycles. The van der Waals surface area contributed by atoms with Crippen molar-refractivity contribution in [2.75, 3.05) is 0 Å². The van der Waals surface area contributed by atoms with Gasteiger partial charge in [0.15, 0.2) is 0 Å². The molecule has 2 nitrogen and oxygen atoms in total. The molecule has 84 valence electrons. The lowest BCUT2D eigenvalue weighted by Crippen LogP contribution is -1.89. The average Bonchev–Trinajstić information content (AvgIpc) is 2.32. The van der Waals surface area contributed by atoms with Crippen molar-refractivity contribution in [3.63, 3.8) is 0 Å². The van der Waals surface area contributed by atoms with E-state index in [9.17, 15) is 4.79 Å². The van der Waals surface area contributed by atoms with E-state index in [1.165, 1.54) is 11.1 Å². The summed E-state index contributed by atoms with van der Waals surface area (Å²) in [4.78, 5) is 14.1. The van der Waals surface area contributed by atoms with Gasteiger partial charge >= 0.3 is 0 Å². The van der Waals surface area contributed by atoms with Crippen LogP contribution >= 0.6 is 0 Å². The van der Waals surface area contributed by atoms with Crippen LogP contribution in [0.25, 0.3) is 0 Å². The Morgan fingerprint density at radius 3 is 2.71 bits per heavy atom. The van der Waals surface area contributed by atoms with Crippen LogP contribution in [-0.4, -0.2) is 6.08 Å². The predicted molar refractivity (Wildman–Crippen MR) is 68.2 cm³/mol. The summed E-state index contributed by atoms with van der Waals surface area (Å²) in [6.07, 6.45) is 2.38. The normalized spacial score (nSPS) is 9.71. The Morgan fingerprint density at radius 2 is 1.94 bits per heavy atom. The lowest BCUT2D eigenvalue weighted by Gasteiger charge is -2.05. The number of isocyanates is 1. The summed E-state index contributed by atoms with van der Waals surface area (Å²) >= 11 is 0. The Morgan fingerprint density at radius 1 is 1.12 bits per heavy atom. The molecule has 2 aromatic carbocycles. The first-order chi connectivity index (χ1) is 8.29. The van der Waals surface area contributed by atoms with E-state index >= 15 is 0 Å². The van der Waals surface area contributed by atoms with Crippen LogP contribution in [0.2, 0.25) is 0 Å².